The first-order valence-corrected chi connectivity index (χ1v) is 3.55. The predicted octanol–water partition coefficient (Wildman–Crippen LogP) is 0.300. The number of rotatable bonds is 1. The minimum Gasteiger partial charge on any atom is -0.480 e. The molecule has 1 atom stereocenters. The smallest absolute Gasteiger partial charge is 0.411 e. The molecule has 1 rings (SSSR count). The number of aliphatic carboxylic acids is 1. The second-order valence-electron chi connectivity index (χ2n) is 3.32. The lowest BCUT2D eigenvalue weighted by molar-refractivity contribution is -0.144. The summed E-state index contributed by atoms with van der Waals surface area (Å²) < 4.78 is 4.84. The van der Waals surface area contributed by atoms with Crippen molar-refractivity contribution >= 4 is 12.1 Å². The van der Waals surface area contributed by atoms with E-state index >= 15 is 0 Å². The molecule has 0 aromatic carbocycles. The van der Waals surface area contributed by atoms with Crippen LogP contribution in [-0.2, 0) is 9.53 Å². The minimum absolute atomic E-state index is 0.590. The third kappa shape index (κ3) is 1.11. The molecule has 1 aliphatic heterocycles. The van der Waals surface area contributed by atoms with Crippen LogP contribution in [0.1, 0.15) is 13.8 Å². The standard InChI is InChI=1S/C7H11NO4/c1-7(2)4(5(9)10)8(3)6(11)12-7/h4H,1-3H3,(H,9,10). The summed E-state index contributed by atoms with van der Waals surface area (Å²) in [7, 11) is 1.41. The Morgan fingerprint density at radius 1 is 1.67 bits per heavy atom. The summed E-state index contributed by atoms with van der Waals surface area (Å²) >= 11 is 0. The van der Waals surface area contributed by atoms with Crippen molar-refractivity contribution in [3.8, 4) is 0 Å². The zero-order chi connectivity index (χ0) is 9.52. The molecule has 0 aliphatic carbocycles. The van der Waals surface area contributed by atoms with Crippen molar-refractivity contribution in [2.75, 3.05) is 7.05 Å². The molecule has 1 aliphatic rings. The largest absolute Gasteiger partial charge is 0.480 e. The highest BCUT2D eigenvalue weighted by Gasteiger charge is 2.50. The van der Waals surface area contributed by atoms with Crippen molar-refractivity contribution in [2.24, 2.45) is 0 Å². The Hall–Kier alpha value is -1.26. The van der Waals surface area contributed by atoms with Gasteiger partial charge in [0.25, 0.3) is 0 Å². The summed E-state index contributed by atoms with van der Waals surface area (Å²) in [6.45, 7) is 3.15. The first-order chi connectivity index (χ1) is 5.36. The number of carbonyl (C=O) groups excluding carboxylic acids is 1. The normalized spacial score (nSPS) is 27.1. The summed E-state index contributed by atoms with van der Waals surface area (Å²) in [5.74, 6) is -1.05. The Labute approximate surface area is 69.9 Å². The van der Waals surface area contributed by atoms with Crippen molar-refractivity contribution in [3.05, 3.63) is 0 Å². The average molecular weight is 173 g/mol. The quantitative estimate of drug-likeness (QED) is 0.619. The maximum atomic E-state index is 10.9. The van der Waals surface area contributed by atoms with E-state index in [4.69, 9.17) is 9.84 Å². The Bertz CT molecular complexity index is 236. The lowest BCUT2D eigenvalue weighted by Crippen LogP contribution is -2.45. The molecule has 1 fully saturated rings. The fourth-order valence-corrected chi connectivity index (χ4v) is 1.39. The van der Waals surface area contributed by atoms with Crippen LogP contribution in [0.4, 0.5) is 4.79 Å². The van der Waals surface area contributed by atoms with E-state index in [0.717, 1.165) is 4.90 Å². The van der Waals surface area contributed by atoms with E-state index in [1.807, 2.05) is 0 Å². The molecule has 1 amide bonds. The number of likely N-dealkylation sites (N-methyl/N-ethyl adjacent to an activating group) is 1. The second-order valence-corrected chi connectivity index (χ2v) is 3.32. The highest BCUT2D eigenvalue weighted by atomic mass is 16.6. The van der Waals surface area contributed by atoms with Crippen molar-refractivity contribution in [1.29, 1.82) is 0 Å². The number of nitrogens with zero attached hydrogens (tertiary/aromatic N) is 1. The minimum atomic E-state index is -1.05. The van der Waals surface area contributed by atoms with E-state index in [1.165, 1.54) is 7.05 Å². The van der Waals surface area contributed by atoms with Crippen LogP contribution in [0.3, 0.4) is 0 Å². The van der Waals surface area contributed by atoms with Gasteiger partial charge in [-0.15, -0.1) is 0 Å². The third-order valence-electron chi connectivity index (χ3n) is 1.92. The molecule has 0 radical (unpaired) electrons. The molecule has 0 bridgehead atoms. The van der Waals surface area contributed by atoms with Gasteiger partial charge in [-0.2, -0.15) is 0 Å². The molecule has 5 heteroatoms. The number of hydrogen-bond donors (Lipinski definition) is 1. The van der Waals surface area contributed by atoms with E-state index in [0.29, 0.717) is 0 Å². The fraction of sp³-hybridized carbons (Fsp3) is 0.714. The van der Waals surface area contributed by atoms with E-state index < -0.39 is 23.7 Å². The molecule has 1 unspecified atom stereocenters. The molecule has 12 heavy (non-hydrogen) atoms. The zero-order valence-corrected chi connectivity index (χ0v) is 7.20. The number of carbonyl (C=O) groups is 2. The Morgan fingerprint density at radius 2 is 2.17 bits per heavy atom. The predicted molar refractivity (Wildman–Crippen MR) is 39.7 cm³/mol. The summed E-state index contributed by atoms with van der Waals surface area (Å²) in [6, 6.07) is -0.898. The molecule has 1 N–H and O–H groups in total. The number of ether oxygens (including phenoxy) is 1. The van der Waals surface area contributed by atoms with Gasteiger partial charge >= 0.3 is 12.1 Å². The van der Waals surface area contributed by atoms with Crippen LogP contribution in [0.5, 0.6) is 0 Å². The number of amides is 1. The highest BCUT2D eigenvalue weighted by Crippen LogP contribution is 2.27. The van der Waals surface area contributed by atoms with Crippen LogP contribution >= 0.6 is 0 Å². The molecule has 0 aromatic rings. The Balaban J connectivity index is 2.96. The second kappa shape index (κ2) is 2.36. The van der Waals surface area contributed by atoms with Gasteiger partial charge in [0.05, 0.1) is 0 Å². The Morgan fingerprint density at radius 3 is 2.33 bits per heavy atom. The summed E-state index contributed by atoms with van der Waals surface area (Å²) in [5, 5.41) is 8.76. The van der Waals surface area contributed by atoms with Gasteiger partial charge in [0.15, 0.2) is 6.04 Å². The molecular formula is C7H11NO4. The van der Waals surface area contributed by atoms with E-state index in [9.17, 15) is 9.59 Å². The monoisotopic (exact) mass is 173 g/mol. The molecule has 1 heterocycles. The maximum Gasteiger partial charge on any atom is 0.411 e. The SMILES string of the molecule is CN1C(=O)OC(C)(C)C1C(=O)O. The molecule has 1 saturated heterocycles. The lowest BCUT2D eigenvalue weighted by atomic mass is 9.99. The lowest BCUT2D eigenvalue weighted by Gasteiger charge is -2.22. The van der Waals surface area contributed by atoms with Gasteiger partial charge in [0, 0.05) is 7.05 Å². The van der Waals surface area contributed by atoms with E-state index in [-0.39, 0.29) is 0 Å². The summed E-state index contributed by atoms with van der Waals surface area (Å²) in [5.41, 5.74) is -0.947. The fourth-order valence-electron chi connectivity index (χ4n) is 1.39. The van der Waals surface area contributed by atoms with Gasteiger partial charge < -0.3 is 9.84 Å². The number of carboxylic acid groups (broad SMARTS) is 1. The van der Waals surface area contributed by atoms with E-state index in [1.54, 1.807) is 13.8 Å². The number of cyclic esters (lactones) is 1. The number of carboxylic acids is 1. The highest BCUT2D eigenvalue weighted by molar-refractivity contribution is 5.84. The van der Waals surface area contributed by atoms with E-state index in [2.05, 4.69) is 0 Å². The number of hydrogen-bond acceptors (Lipinski definition) is 3. The molecule has 0 spiro atoms. The maximum absolute atomic E-state index is 10.9. The van der Waals surface area contributed by atoms with Crippen LogP contribution in [0.15, 0.2) is 0 Å². The molecule has 68 valence electrons. The van der Waals surface area contributed by atoms with Gasteiger partial charge in [-0.05, 0) is 13.8 Å². The molecule has 0 aromatic heterocycles. The summed E-state index contributed by atoms with van der Waals surface area (Å²) in [6.07, 6.45) is -0.590. The topological polar surface area (TPSA) is 66.8 Å². The van der Waals surface area contributed by atoms with Gasteiger partial charge in [-0.25, -0.2) is 9.59 Å². The zero-order valence-electron chi connectivity index (χ0n) is 7.20. The van der Waals surface area contributed by atoms with Gasteiger partial charge in [-0.1, -0.05) is 0 Å². The first-order valence-electron chi connectivity index (χ1n) is 3.55. The van der Waals surface area contributed by atoms with Crippen LogP contribution in [0, 0.1) is 0 Å². The van der Waals surface area contributed by atoms with Gasteiger partial charge in [0.2, 0.25) is 0 Å². The van der Waals surface area contributed by atoms with Crippen molar-refractivity contribution in [1.82, 2.24) is 4.90 Å². The van der Waals surface area contributed by atoms with Crippen LogP contribution in [-0.4, -0.2) is 40.8 Å². The van der Waals surface area contributed by atoms with Crippen molar-refractivity contribution in [3.63, 3.8) is 0 Å². The molecule has 0 saturated carbocycles. The first kappa shape index (κ1) is 8.83. The molecule has 5 nitrogen and oxygen atoms in total. The Kier molecular flexibility index (Phi) is 1.74. The summed E-state index contributed by atoms with van der Waals surface area (Å²) in [4.78, 5) is 22.7. The van der Waals surface area contributed by atoms with Crippen LogP contribution in [0.2, 0.25) is 0 Å². The van der Waals surface area contributed by atoms with Crippen molar-refractivity contribution in [2.45, 2.75) is 25.5 Å². The third-order valence-corrected chi connectivity index (χ3v) is 1.92. The van der Waals surface area contributed by atoms with Crippen LogP contribution in [0.25, 0.3) is 0 Å². The van der Waals surface area contributed by atoms with Crippen LogP contribution < -0.4 is 0 Å². The van der Waals surface area contributed by atoms with Crippen molar-refractivity contribution < 1.29 is 19.4 Å². The van der Waals surface area contributed by atoms with Gasteiger partial charge in [0.1, 0.15) is 5.60 Å². The van der Waals surface area contributed by atoms with Gasteiger partial charge in [-0.3, -0.25) is 4.90 Å². The average Bonchev–Trinajstić information content (AvgIpc) is 2.01. The molecular weight excluding hydrogens is 162 g/mol.